The van der Waals surface area contributed by atoms with Crippen LogP contribution in [0.5, 0.6) is 11.1 Å². The van der Waals surface area contributed by atoms with Crippen LogP contribution < -0.4 is 14.8 Å². The second-order valence-corrected chi connectivity index (χ2v) is 8.00. The Bertz CT molecular complexity index is 839. The van der Waals surface area contributed by atoms with Crippen LogP contribution in [0.15, 0.2) is 12.1 Å². The van der Waals surface area contributed by atoms with Gasteiger partial charge in [0.25, 0.3) is 5.19 Å². The lowest BCUT2D eigenvalue weighted by Crippen LogP contribution is -2.40. The predicted molar refractivity (Wildman–Crippen MR) is 100 cm³/mol. The third-order valence-corrected chi connectivity index (χ3v) is 5.14. The molecule has 1 aliphatic carbocycles. The van der Waals surface area contributed by atoms with E-state index in [1.807, 2.05) is 6.92 Å². The summed E-state index contributed by atoms with van der Waals surface area (Å²) in [4.78, 5) is 19.7. The largest absolute Gasteiger partial charge is 0.477 e. The van der Waals surface area contributed by atoms with Gasteiger partial charge >= 0.3 is 6.18 Å². The number of fused-ring (bicyclic) bond motifs is 1. The zero-order chi connectivity index (χ0) is 21.0. The zero-order valence-electron chi connectivity index (χ0n) is 16.0. The van der Waals surface area contributed by atoms with Crippen molar-refractivity contribution in [3.8, 4) is 11.1 Å². The van der Waals surface area contributed by atoms with Gasteiger partial charge in [-0.3, -0.25) is 4.79 Å². The van der Waals surface area contributed by atoms with E-state index in [1.54, 1.807) is 12.1 Å². The Kier molecular flexibility index (Phi) is 6.78. The molecule has 2 heterocycles. The maximum Gasteiger partial charge on any atom is 0.422 e. The molecule has 1 N–H and O–H groups in total. The van der Waals surface area contributed by atoms with E-state index in [9.17, 15) is 18.0 Å². The summed E-state index contributed by atoms with van der Waals surface area (Å²) in [6.45, 7) is 2.93. The summed E-state index contributed by atoms with van der Waals surface area (Å²) in [5, 5.41) is 2.70. The Balaban J connectivity index is 1.40. The fourth-order valence-corrected chi connectivity index (χ4v) is 3.67. The Labute approximate surface area is 169 Å². The smallest absolute Gasteiger partial charge is 0.422 e. The molecule has 1 aliphatic rings. The Hall–Kier alpha value is -2.14. The third kappa shape index (κ3) is 6.70. The highest BCUT2D eigenvalue weighted by atomic mass is 32.1. The van der Waals surface area contributed by atoms with Crippen molar-refractivity contribution in [2.45, 2.75) is 45.0 Å². The Morgan fingerprint density at radius 3 is 2.76 bits per heavy atom. The minimum absolute atomic E-state index is 0.0249. The average molecular weight is 433 g/mol. The number of aromatic nitrogens is 2. The number of amides is 1. The Morgan fingerprint density at radius 1 is 1.31 bits per heavy atom. The van der Waals surface area contributed by atoms with Gasteiger partial charge in [-0.15, -0.1) is 0 Å². The van der Waals surface area contributed by atoms with Gasteiger partial charge in [0.15, 0.2) is 11.4 Å². The van der Waals surface area contributed by atoms with E-state index >= 15 is 0 Å². The minimum atomic E-state index is -4.41. The quantitative estimate of drug-likeness (QED) is 0.653. The van der Waals surface area contributed by atoms with Gasteiger partial charge < -0.3 is 19.5 Å². The van der Waals surface area contributed by atoms with Crippen LogP contribution in [0.1, 0.15) is 26.7 Å². The molecule has 0 radical (unpaired) electrons. The van der Waals surface area contributed by atoms with Gasteiger partial charge in [0, 0.05) is 19.0 Å². The summed E-state index contributed by atoms with van der Waals surface area (Å²) >= 11 is 0.946. The van der Waals surface area contributed by atoms with Gasteiger partial charge in [0.05, 0.1) is 19.3 Å². The zero-order valence-corrected chi connectivity index (χ0v) is 16.8. The number of nitrogens with one attached hydrogen (secondary N) is 1. The first kappa shape index (κ1) is 21.6. The van der Waals surface area contributed by atoms with E-state index in [1.165, 1.54) is 6.92 Å². The van der Waals surface area contributed by atoms with Crippen molar-refractivity contribution in [2.24, 2.45) is 5.92 Å². The summed E-state index contributed by atoms with van der Waals surface area (Å²) in [5.41, 5.74) is 0.463. The van der Waals surface area contributed by atoms with Crippen LogP contribution in [-0.4, -0.2) is 54.0 Å². The fraction of sp³-hybridized carbons (Fsp3) is 0.611. The molecule has 1 atom stereocenters. The second kappa shape index (κ2) is 9.12. The van der Waals surface area contributed by atoms with Gasteiger partial charge in [0.1, 0.15) is 5.52 Å². The van der Waals surface area contributed by atoms with Crippen LogP contribution in [0, 0.1) is 5.92 Å². The van der Waals surface area contributed by atoms with Crippen molar-refractivity contribution in [3.63, 3.8) is 0 Å². The molecule has 7 nitrogen and oxygen atoms in total. The van der Waals surface area contributed by atoms with Gasteiger partial charge in [-0.2, -0.15) is 13.2 Å². The third-order valence-electron chi connectivity index (χ3n) is 4.26. The fourth-order valence-electron chi connectivity index (χ4n) is 2.88. The molecule has 2 aromatic rings. The number of hydrogen-bond donors (Lipinski definition) is 1. The van der Waals surface area contributed by atoms with Crippen molar-refractivity contribution in [3.05, 3.63) is 12.1 Å². The molecule has 1 saturated carbocycles. The van der Waals surface area contributed by atoms with E-state index in [0.29, 0.717) is 35.4 Å². The highest BCUT2D eigenvalue weighted by Gasteiger charge is 2.31. The highest BCUT2D eigenvalue weighted by Crippen LogP contribution is 2.32. The molecule has 29 heavy (non-hydrogen) atoms. The van der Waals surface area contributed by atoms with E-state index in [4.69, 9.17) is 9.47 Å². The lowest BCUT2D eigenvalue weighted by Gasteiger charge is -2.35. The first-order valence-corrected chi connectivity index (χ1v) is 9.98. The van der Waals surface area contributed by atoms with Crippen LogP contribution >= 0.6 is 11.3 Å². The second-order valence-electron chi connectivity index (χ2n) is 7.06. The van der Waals surface area contributed by atoms with Crippen molar-refractivity contribution in [1.29, 1.82) is 0 Å². The number of halogens is 3. The monoisotopic (exact) mass is 433 g/mol. The molecular formula is C18H22F3N3O4S. The van der Waals surface area contributed by atoms with Crippen LogP contribution in [0.3, 0.4) is 0 Å². The lowest BCUT2D eigenvalue weighted by atomic mass is 9.83. The number of ether oxygens (including phenoxy) is 3. The van der Waals surface area contributed by atoms with E-state index in [-0.39, 0.29) is 23.2 Å². The molecule has 1 amide bonds. The van der Waals surface area contributed by atoms with Crippen LogP contribution in [0.4, 0.5) is 13.2 Å². The summed E-state index contributed by atoms with van der Waals surface area (Å²) in [6.07, 6.45) is -2.52. The van der Waals surface area contributed by atoms with E-state index in [2.05, 4.69) is 20.0 Å². The summed E-state index contributed by atoms with van der Waals surface area (Å²) < 4.78 is 52.8. The van der Waals surface area contributed by atoms with Crippen LogP contribution in [-0.2, 0) is 9.53 Å². The van der Waals surface area contributed by atoms with Crippen LogP contribution in [0.2, 0.25) is 0 Å². The molecule has 0 unspecified atom stereocenters. The molecule has 2 aromatic heterocycles. The lowest BCUT2D eigenvalue weighted by molar-refractivity contribution is -0.153. The molecule has 0 saturated heterocycles. The molecule has 0 aliphatic heterocycles. The number of pyridine rings is 1. The molecular weight excluding hydrogens is 411 g/mol. The standard InChI is InChI=1S/C18H22F3N3O4S/c1-10(22-11(2)25)7-26-13-5-12(6-13)8-27-15-4-3-14-16(24-15)29-17(23-14)28-9-18(19,20)21/h3-4,10,12-13H,5-9H2,1-2H3,(H,22,25)/t10-,12?,13?/m0/s1. The molecule has 0 bridgehead atoms. The van der Waals surface area contributed by atoms with Crippen molar-refractivity contribution in [2.75, 3.05) is 19.8 Å². The highest BCUT2D eigenvalue weighted by molar-refractivity contribution is 7.19. The molecule has 0 aromatic carbocycles. The summed E-state index contributed by atoms with van der Waals surface area (Å²) in [5.74, 6) is 0.665. The SMILES string of the molecule is CC(=O)N[C@@H](C)COC1CC(COc2ccc3nc(OCC(F)(F)F)sc3n2)C1. The van der Waals surface area contributed by atoms with Gasteiger partial charge in [-0.05, 0) is 31.7 Å². The molecule has 11 heteroatoms. The van der Waals surface area contributed by atoms with Crippen molar-refractivity contribution >= 4 is 27.6 Å². The average Bonchev–Trinajstić information content (AvgIpc) is 2.99. The Morgan fingerprint density at radius 2 is 2.07 bits per heavy atom. The van der Waals surface area contributed by atoms with E-state index < -0.39 is 12.8 Å². The maximum absolute atomic E-state index is 12.2. The molecule has 1 fully saturated rings. The summed E-state index contributed by atoms with van der Waals surface area (Å²) in [6, 6.07) is 3.25. The number of hydrogen-bond acceptors (Lipinski definition) is 7. The number of carbonyl (C=O) groups is 1. The predicted octanol–water partition coefficient (Wildman–Crippen LogP) is 3.33. The maximum atomic E-state index is 12.2. The van der Waals surface area contributed by atoms with E-state index in [0.717, 1.165) is 24.2 Å². The number of carbonyl (C=O) groups excluding carboxylic acids is 1. The minimum Gasteiger partial charge on any atom is -0.477 e. The van der Waals surface area contributed by atoms with Gasteiger partial charge in [-0.1, -0.05) is 11.3 Å². The molecule has 3 rings (SSSR count). The van der Waals surface area contributed by atoms with Crippen molar-refractivity contribution in [1.82, 2.24) is 15.3 Å². The number of rotatable bonds is 9. The van der Waals surface area contributed by atoms with Crippen LogP contribution in [0.25, 0.3) is 10.3 Å². The topological polar surface area (TPSA) is 82.6 Å². The number of alkyl halides is 3. The summed E-state index contributed by atoms with van der Waals surface area (Å²) in [7, 11) is 0. The number of nitrogens with zero attached hydrogens (tertiary/aromatic N) is 2. The first-order chi connectivity index (χ1) is 13.7. The van der Waals surface area contributed by atoms with Crippen molar-refractivity contribution < 1.29 is 32.2 Å². The first-order valence-electron chi connectivity index (χ1n) is 9.16. The van der Waals surface area contributed by atoms with Gasteiger partial charge in [0.2, 0.25) is 11.8 Å². The normalized spacial score (nSPS) is 20.2. The molecule has 160 valence electrons. The van der Waals surface area contributed by atoms with Gasteiger partial charge in [-0.25, -0.2) is 9.97 Å². The number of thiazole rings is 1. The molecule has 0 spiro atoms.